The number of nitrogens with one attached hydrogen (secondary N) is 2. The molecule has 2 aromatic heterocycles. The molecule has 2 rings (SSSR count). The van der Waals surface area contributed by atoms with Crippen LogP contribution >= 0.6 is 11.8 Å². The summed E-state index contributed by atoms with van der Waals surface area (Å²) in [6.45, 7) is 2.09. The third-order valence-corrected chi connectivity index (χ3v) is 3.08. The van der Waals surface area contributed by atoms with Crippen molar-refractivity contribution in [3.05, 3.63) is 29.8 Å². The van der Waals surface area contributed by atoms with Gasteiger partial charge in [0.15, 0.2) is 5.78 Å². The lowest BCUT2D eigenvalue weighted by atomic mass is 10.3. The summed E-state index contributed by atoms with van der Waals surface area (Å²) in [5.41, 5.74) is 0.627. The van der Waals surface area contributed by atoms with Gasteiger partial charge in [-0.15, -0.1) is 5.10 Å². The van der Waals surface area contributed by atoms with Gasteiger partial charge in [0.1, 0.15) is 5.82 Å². The van der Waals surface area contributed by atoms with E-state index in [9.17, 15) is 4.79 Å². The molecule has 2 heterocycles. The predicted octanol–water partition coefficient (Wildman–Crippen LogP) is 2.06. The minimum atomic E-state index is 0.0573. The molecule has 17 heavy (non-hydrogen) atoms. The van der Waals surface area contributed by atoms with Crippen LogP contribution in [0.3, 0.4) is 0 Å². The van der Waals surface area contributed by atoms with Crippen molar-refractivity contribution in [2.24, 2.45) is 0 Å². The normalized spacial score (nSPS) is 10.6. The minimum absolute atomic E-state index is 0.0573. The number of carbonyl (C=O) groups is 1. The van der Waals surface area contributed by atoms with E-state index in [1.54, 1.807) is 12.3 Å². The molecule has 0 aliphatic carbocycles. The van der Waals surface area contributed by atoms with Crippen LogP contribution in [-0.4, -0.2) is 31.7 Å². The zero-order valence-electron chi connectivity index (χ0n) is 9.56. The van der Waals surface area contributed by atoms with Gasteiger partial charge in [-0.1, -0.05) is 18.7 Å². The number of hydrogen-bond acceptors (Lipinski definition) is 4. The summed E-state index contributed by atoms with van der Waals surface area (Å²) in [7, 11) is 0. The molecule has 5 nitrogen and oxygen atoms in total. The van der Waals surface area contributed by atoms with Crippen molar-refractivity contribution in [2.75, 3.05) is 5.75 Å². The molecule has 2 aromatic rings. The SMILES string of the molecule is CCCc1nc(SCC(=O)c2ccc[nH]2)n[nH]1. The van der Waals surface area contributed by atoms with Crippen LogP contribution < -0.4 is 0 Å². The Morgan fingerprint density at radius 1 is 1.53 bits per heavy atom. The Bertz CT molecular complexity index is 477. The van der Waals surface area contributed by atoms with E-state index in [1.165, 1.54) is 11.8 Å². The third-order valence-electron chi connectivity index (χ3n) is 2.23. The number of aromatic amines is 2. The van der Waals surface area contributed by atoms with Crippen LogP contribution in [0, 0.1) is 0 Å². The summed E-state index contributed by atoms with van der Waals surface area (Å²) in [6.07, 6.45) is 3.66. The molecule has 0 aromatic carbocycles. The van der Waals surface area contributed by atoms with Crippen LogP contribution in [-0.2, 0) is 6.42 Å². The van der Waals surface area contributed by atoms with E-state index >= 15 is 0 Å². The van der Waals surface area contributed by atoms with Crippen molar-refractivity contribution in [3.63, 3.8) is 0 Å². The summed E-state index contributed by atoms with van der Waals surface area (Å²) in [5.74, 6) is 1.29. The quantitative estimate of drug-likeness (QED) is 0.608. The number of Topliss-reactive ketones (excluding diaryl/α,β-unsaturated/α-hetero) is 1. The minimum Gasteiger partial charge on any atom is -0.359 e. The Labute approximate surface area is 103 Å². The number of H-pyrrole nitrogens is 2. The molecule has 0 saturated heterocycles. The van der Waals surface area contributed by atoms with Crippen LogP contribution in [0.5, 0.6) is 0 Å². The van der Waals surface area contributed by atoms with Gasteiger partial charge in [-0.3, -0.25) is 9.89 Å². The van der Waals surface area contributed by atoms with Crippen molar-refractivity contribution in [3.8, 4) is 0 Å². The number of aryl methyl sites for hydroxylation is 1. The molecule has 0 unspecified atom stereocenters. The highest BCUT2D eigenvalue weighted by Crippen LogP contribution is 2.14. The highest BCUT2D eigenvalue weighted by Gasteiger charge is 2.09. The molecular weight excluding hydrogens is 236 g/mol. The van der Waals surface area contributed by atoms with Gasteiger partial charge < -0.3 is 4.98 Å². The van der Waals surface area contributed by atoms with E-state index in [1.807, 2.05) is 6.07 Å². The molecule has 90 valence electrons. The highest BCUT2D eigenvalue weighted by atomic mass is 32.2. The van der Waals surface area contributed by atoms with E-state index in [0.717, 1.165) is 18.7 Å². The lowest BCUT2D eigenvalue weighted by Gasteiger charge is -1.94. The molecular formula is C11H14N4OS. The van der Waals surface area contributed by atoms with E-state index in [2.05, 4.69) is 27.1 Å². The topological polar surface area (TPSA) is 74.4 Å². The molecule has 0 atom stereocenters. The summed E-state index contributed by atoms with van der Waals surface area (Å²) in [5, 5.41) is 7.55. The van der Waals surface area contributed by atoms with Crippen molar-refractivity contribution in [2.45, 2.75) is 24.9 Å². The molecule has 0 aliphatic rings. The maximum atomic E-state index is 11.7. The van der Waals surface area contributed by atoms with Gasteiger partial charge in [-0.05, 0) is 18.6 Å². The number of ketones is 1. The second-order valence-electron chi connectivity index (χ2n) is 3.61. The zero-order chi connectivity index (χ0) is 12.1. The molecule has 0 aliphatic heterocycles. The molecule has 6 heteroatoms. The second kappa shape index (κ2) is 5.67. The Morgan fingerprint density at radius 3 is 3.12 bits per heavy atom. The van der Waals surface area contributed by atoms with Gasteiger partial charge in [0.2, 0.25) is 5.16 Å². The van der Waals surface area contributed by atoms with E-state index < -0.39 is 0 Å². The van der Waals surface area contributed by atoms with Gasteiger partial charge in [0.05, 0.1) is 11.4 Å². The van der Waals surface area contributed by atoms with Gasteiger partial charge in [-0.25, -0.2) is 4.98 Å². The maximum absolute atomic E-state index is 11.7. The largest absolute Gasteiger partial charge is 0.359 e. The Kier molecular flexibility index (Phi) is 3.98. The lowest BCUT2D eigenvalue weighted by Crippen LogP contribution is -2.02. The second-order valence-corrected chi connectivity index (χ2v) is 4.55. The Balaban J connectivity index is 1.87. The fourth-order valence-electron chi connectivity index (χ4n) is 1.40. The standard InChI is InChI=1S/C11H14N4OS/c1-2-4-10-13-11(15-14-10)17-7-9(16)8-5-3-6-12-8/h3,5-6,12H,2,4,7H2,1H3,(H,13,14,15). The average molecular weight is 250 g/mol. The fraction of sp³-hybridized carbons (Fsp3) is 0.364. The zero-order valence-corrected chi connectivity index (χ0v) is 10.4. The average Bonchev–Trinajstić information content (AvgIpc) is 2.97. The first-order chi connectivity index (χ1) is 8.29. The van der Waals surface area contributed by atoms with Crippen LogP contribution in [0.2, 0.25) is 0 Å². The third kappa shape index (κ3) is 3.20. The van der Waals surface area contributed by atoms with E-state index in [4.69, 9.17) is 0 Å². The number of thioether (sulfide) groups is 1. The monoisotopic (exact) mass is 250 g/mol. The molecule has 0 radical (unpaired) electrons. The van der Waals surface area contributed by atoms with Gasteiger partial charge >= 0.3 is 0 Å². The van der Waals surface area contributed by atoms with Gasteiger partial charge in [0.25, 0.3) is 0 Å². The van der Waals surface area contributed by atoms with Crippen LogP contribution in [0.15, 0.2) is 23.5 Å². The number of aromatic nitrogens is 4. The summed E-state index contributed by atoms with van der Waals surface area (Å²) in [4.78, 5) is 18.9. The molecule has 0 bridgehead atoms. The Morgan fingerprint density at radius 2 is 2.41 bits per heavy atom. The smallest absolute Gasteiger partial charge is 0.208 e. The molecule has 0 amide bonds. The molecule has 0 saturated carbocycles. The summed E-state index contributed by atoms with van der Waals surface area (Å²) >= 11 is 1.35. The lowest BCUT2D eigenvalue weighted by molar-refractivity contribution is 0.101. The van der Waals surface area contributed by atoms with Crippen molar-refractivity contribution in [1.29, 1.82) is 0 Å². The Hall–Kier alpha value is -1.56. The first-order valence-electron chi connectivity index (χ1n) is 5.50. The first kappa shape index (κ1) is 11.9. The van der Waals surface area contributed by atoms with Crippen molar-refractivity contribution >= 4 is 17.5 Å². The van der Waals surface area contributed by atoms with Crippen LogP contribution in [0.4, 0.5) is 0 Å². The maximum Gasteiger partial charge on any atom is 0.208 e. The fourth-order valence-corrected chi connectivity index (χ4v) is 2.10. The van der Waals surface area contributed by atoms with Gasteiger partial charge in [-0.2, -0.15) is 0 Å². The number of carbonyl (C=O) groups excluding carboxylic acids is 1. The first-order valence-corrected chi connectivity index (χ1v) is 6.49. The highest BCUT2D eigenvalue weighted by molar-refractivity contribution is 7.99. The predicted molar refractivity (Wildman–Crippen MR) is 66.2 cm³/mol. The van der Waals surface area contributed by atoms with Crippen molar-refractivity contribution in [1.82, 2.24) is 20.2 Å². The molecule has 0 fully saturated rings. The van der Waals surface area contributed by atoms with Crippen LogP contribution in [0.1, 0.15) is 29.7 Å². The van der Waals surface area contributed by atoms with Gasteiger partial charge in [0, 0.05) is 12.6 Å². The van der Waals surface area contributed by atoms with Crippen molar-refractivity contribution < 1.29 is 4.79 Å². The number of rotatable bonds is 6. The summed E-state index contributed by atoms with van der Waals surface area (Å²) < 4.78 is 0. The number of hydrogen-bond donors (Lipinski definition) is 2. The molecule has 0 spiro atoms. The van der Waals surface area contributed by atoms with E-state index in [0.29, 0.717) is 16.6 Å². The van der Waals surface area contributed by atoms with Crippen LogP contribution in [0.25, 0.3) is 0 Å². The summed E-state index contributed by atoms with van der Waals surface area (Å²) in [6, 6.07) is 3.58. The van der Waals surface area contributed by atoms with E-state index in [-0.39, 0.29) is 5.78 Å². The number of nitrogens with zero attached hydrogens (tertiary/aromatic N) is 2. The molecule has 2 N–H and O–H groups in total.